The van der Waals surface area contributed by atoms with Crippen LogP contribution < -0.4 is 10.1 Å². The minimum atomic E-state index is -0.724. The van der Waals surface area contributed by atoms with Gasteiger partial charge in [-0.15, -0.1) is 0 Å². The predicted octanol–water partition coefficient (Wildman–Crippen LogP) is 2.41. The van der Waals surface area contributed by atoms with E-state index < -0.39 is 11.9 Å². The Bertz CT molecular complexity index is 763. The summed E-state index contributed by atoms with van der Waals surface area (Å²) in [5, 5.41) is 13.3. The molecule has 0 amide bonds. The summed E-state index contributed by atoms with van der Waals surface area (Å²) in [7, 11) is 0. The van der Waals surface area contributed by atoms with E-state index in [1.54, 1.807) is 6.20 Å². The monoisotopic (exact) mass is 338 g/mol. The molecule has 2 aliphatic rings. The van der Waals surface area contributed by atoms with Gasteiger partial charge in [0.25, 0.3) is 0 Å². The molecule has 25 heavy (non-hydrogen) atoms. The number of benzene rings is 1. The predicted molar refractivity (Wildman–Crippen MR) is 93.9 cm³/mol. The fraction of sp³-hybridized carbons (Fsp3) is 0.400. The average molecular weight is 338 g/mol. The number of nitrogens with one attached hydrogen (secondary N) is 1. The molecule has 2 N–H and O–H groups in total. The molecule has 0 spiro atoms. The summed E-state index contributed by atoms with van der Waals surface area (Å²) in [6.07, 6.45) is 4.25. The van der Waals surface area contributed by atoms with E-state index in [0.717, 1.165) is 42.9 Å². The van der Waals surface area contributed by atoms with E-state index in [4.69, 9.17) is 4.74 Å². The molecule has 1 aromatic heterocycles. The second-order valence-corrected chi connectivity index (χ2v) is 6.81. The highest BCUT2D eigenvalue weighted by atomic mass is 16.5. The molecule has 2 unspecified atom stereocenters. The van der Waals surface area contributed by atoms with Gasteiger partial charge in [0.05, 0.1) is 12.5 Å². The molecule has 0 bridgehead atoms. The molecule has 4 rings (SSSR count). The quantitative estimate of drug-likeness (QED) is 0.876. The number of hydrogen-bond acceptors (Lipinski definition) is 4. The van der Waals surface area contributed by atoms with Crippen molar-refractivity contribution in [1.29, 1.82) is 0 Å². The van der Waals surface area contributed by atoms with E-state index in [2.05, 4.69) is 16.4 Å². The largest absolute Gasteiger partial charge is 0.493 e. The smallest absolute Gasteiger partial charge is 0.308 e. The van der Waals surface area contributed by atoms with Gasteiger partial charge >= 0.3 is 5.97 Å². The van der Waals surface area contributed by atoms with Crippen LogP contribution in [-0.4, -0.2) is 35.3 Å². The lowest BCUT2D eigenvalue weighted by Crippen LogP contribution is -2.33. The van der Waals surface area contributed by atoms with Gasteiger partial charge in [-0.25, -0.2) is 0 Å². The number of aryl methyl sites for hydroxylation is 1. The Kier molecular flexibility index (Phi) is 4.40. The third-order valence-corrected chi connectivity index (χ3v) is 5.33. The Morgan fingerprint density at radius 1 is 1.32 bits per heavy atom. The van der Waals surface area contributed by atoms with Crippen molar-refractivity contribution >= 4 is 5.97 Å². The van der Waals surface area contributed by atoms with Crippen molar-refractivity contribution in [2.45, 2.75) is 31.2 Å². The molecule has 2 aromatic rings. The second-order valence-electron chi connectivity index (χ2n) is 6.81. The molecule has 3 heterocycles. The molecule has 5 heteroatoms. The van der Waals surface area contributed by atoms with Crippen molar-refractivity contribution in [3.05, 3.63) is 59.4 Å². The van der Waals surface area contributed by atoms with E-state index in [1.807, 2.05) is 30.3 Å². The van der Waals surface area contributed by atoms with E-state index in [1.165, 1.54) is 5.56 Å². The van der Waals surface area contributed by atoms with Gasteiger partial charge in [0.1, 0.15) is 5.75 Å². The number of hydrogen-bond donors (Lipinski definition) is 2. The average Bonchev–Trinajstić information content (AvgIpc) is 3.26. The zero-order valence-electron chi connectivity index (χ0n) is 14.0. The van der Waals surface area contributed by atoms with Crippen molar-refractivity contribution < 1.29 is 14.6 Å². The molecule has 0 radical (unpaired) electrons. The molecule has 0 saturated carbocycles. The first-order chi connectivity index (χ1) is 12.2. The summed E-state index contributed by atoms with van der Waals surface area (Å²) in [5.41, 5.74) is 3.30. The van der Waals surface area contributed by atoms with Crippen LogP contribution in [0, 0.1) is 5.92 Å². The SMILES string of the molecule is O=C(O)[C@H]1C(CCc2ccccn2)NCC1c1ccc2c(c1)CCO2. The Balaban J connectivity index is 1.50. The fourth-order valence-electron chi connectivity index (χ4n) is 4.05. The van der Waals surface area contributed by atoms with Crippen molar-refractivity contribution in [3.8, 4) is 5.75 Å². The van der Waals surface area contributed by atoms with E-state index in [-0.39, 0.29) is 12.0 Å². The van der Waals surface area contributed by atoms with Crippen LogP contribution in [-0.2, 0) is 17.6 Å². The van der Waals surface area contributed by atoms with Crippen molar-refractivity contribution in [1.82, 2.24) is 10.3 Å². The summed E-state index contributed by atoms with van der Waals surface area (Å²) < 4.78 is 5.56. The van der Waals surface area contributed by atoms with Crippen molar-refractivity contribution in [3.63, 3.8) is 0 Å². The first-order valence-corrected chi connectivity index (χ1v) is 8.84. The molecule has 5 nitrogen and oxygen atoms in total. The van der Waals surface area contributed by atoms with Gasteiger partial charge in [0, 0.05) is 36.8 Å². The molecular formula is C20H22N2O3. The number of carboxylic acids is 1. The number of aliphatic carboxylic acids is 1. The molecule has 1 fully saturated rings. The summed E-state index contributed by atoms with van der Waals surface area (Å²) in [6, 6.07) is 12.0. The number of nitrogens with zero attached hydrogens (tertiary/aromatic N) is 1. The number of rotatable bonds is 5. The van der Waals surface area contributed by atoms with E-state index >= 15 is 0 Å². The Morgan fingerprint density at radius 2 is 2.24 bits per heavy atom. The van der Waals surface area contributed by atoms with Gasteiger partial charge in [0.2, 0.25) is 0 Å². The third kappa shape index (κ3) is 3.24. The number of carbonyl (C=O) groups is 1. The van der Waals surface area contributed by atoms with Crippen LogP contribution in [0.5, 0.6) is 5.75 Å². The van der Waals surface area contributed by atoms with Crippen molar-refractivity contribution in [2.24, 2.45) is 5.92 Å². The Labute approximate surface area is 147 Å². The maximum absolute atomic E-state index is 12.0. The summed E-state index contributed by atoms with van der Waals surface area (Å²) in [4.78, 5) is 16.3. The Morgan fingerprint density at radius 3 is 3.04 bits per heavy atom. The van der Waals surface area contributed by atoms with Gasteiger partial charge in [-0.05, 0) is 42.2 Å². The highest BCUT2D eigenvalue weighted by molar-refractivity contribution is 5.73. The van der Waals surface area contributed by atoms with Gasteiger partial charge in [-0.1, -0.05) is 18.2 Å². The number of carboxylic acid groups (broad SMARTS) is 1. The van der Waals surface area contributed by atoms with Crippen LogP contribution >= 0.6 is 0 Å². The molecule has 1 saturated heterocycles. The number of ether oxygens (including phenoxy) is 1. The lowest BCUT2D eigenvalue weighted by atomic mass is 9.83. The summed E-state index contributed by atoms with van der Waals surface area (Å²) >= 11 is 0. The molecule has 130 valence electrons. The highest BCUT2D eigenvalue weighted by Gasteiger charge is 2.41. The number of aromatic nitrogens is 1. The number of pyridine rings is 1. The minimum Gasteiger partial charge on any atom is -0.493 e. The molecule has 3 atom stereocenters. The summed E-state index contributed by atoms with van der Waals surface area (Å²) in [5.74, 6) is -0.202. The normalized spacial score (nSPS) is 24.7. The fourth-order valence-corrected chi connectivity index (χ4v) is 4.05. The van der Waals surface area contributed by atoms with Crippen LogP contribution in [0.1, 0.15) is 29.2 Å². The maximum atomic E-state index is 12.0. The zero-order valence-corrected chi connectivity index (χ0v) is 14.0. The Hall–Kier alpha value is -2.40. The molecular weight excluding hydrogens is 316 g/mol. The van der Waals surface area contributed by atoms with Crippen molar-refractivity contribution in [2.75, 3.05) is 13.2 Å². The maximum Gasteiger partial charge on any atom is 0.308 e. The van der Waals surface area contributed by atoms with Gasteiger partial charge < -0.3 is 15.2 Å². The lowest BCUT2D eigenvalue weighted by molar-refractivity contribution is -0.142. The molecule has 2 aliphatic heterocycles. The minimum absolute atomic E-state index is 0.00266. The van der Waals surface area contributed by atoms with Crippen LogP contribution in [0.4, 0.5) is 0 Å². The highest BCUT2D eigenvalue weighted by Crippen LogP contribution is 2.37. The van der Waals surface area contributed by atoms with E-state index in [0.29, 0.717) is 6.54 Å². The topological polar surface area (TPSA) is 71.5 Å². The molecule has 1 aromatic carbocycles. The zero-order chi connectivity index (χ0) is 17.2. The van der Waals surface area contributed by atoms with Crippen LogP contribution in [0.2, 0.25) is 0 Å². The second kappa shape index (κ2) is 6.84. The first-order valence-electron chi connectivity index (χ1n) is 8.84. The lowest BCUT2D eigenvalue weighted by Gasteiger charge is -2.21. The molecule has 0 aliphatic carbocycles. The van der Waals surface area contributed by atoms with Crippen LogP contribution in [0.15, 0.2) is 42.6 Å². The standard InChI is InChI=1S/C20H22N2O3/c23-20(24)19-16(13-4-7-18-14(11-13)8-10-25-18)12-22-17(19)6-5-15-3-1-2-9-21-15/h1-4,7,9,11,16-17,19,22H,5-6,8,10,12H2,(H,23,24)/t16?,17?,19-/m1/s1. The van der Waals surface area contributed by atoms with Crippen LogP contribution in [0.3, 0.4) is 0 Å². The van der Waals surface area contributed by atoms with E-state index in [9.17, 15) is 9.90 Å². The number of fused-ring (bicyclic) bond motifs is 1. The van der Waals surface area contributed by atoms with Crippen LogP contribution in [0.25, 0.3) is 0 Å². The summed E-state index contributed by atoms with van der Waals surface area (Å²) in [6.45, 7) is 1.42. The first kappa shape index (κ1) is 16.1. The third-order valence-electron chi connectivity index (χ3n) is 5.33. The van der Waals surface area contributed by atoms with Gasteiger partial charge in [0.15, 0.2) is 0 Å². The van der Waals surface area contributed by atoms with Gasteiger partial charge in [-0.3, -0.25) is 9.78 Å². The van der Waals surface area contributed by atoms with Gasteiger partial charge in [-0.2, -0.15) is 0 Å².